The first-order chi connectivity index (χ1) is 14.1. The van der Waals surface area contributed by atoms with E-state index in [-0.39, 0.29) is 17.2 Å². The van der Waals surface area contributed by atoms with Crippen LogP contribution in [0.2, 0.25) is 0 Å². The smallest absolute Gasteiger partial charge is 0.274 e. The molecule has 29 heavy (non-hydrogen) atoms. The number of rotatable bonds is 3. The summed E-state index contributed by atoms with van der Waals surface area (Å²) in [7, 11) is 0. The molecular weight excluding hydrogens is 366 g/mol. The number of fused-ring (bicyclic) bond motifs is 3. The van der Waals surface area contributed by atoms with Crippen molar-refractivity contribution in [2.24, 2.45) is 11.3 Å². The van der Waals surface area contributed by atoms with Crippen molar-refractivity contribution in [3.63, 3.8) is 0 Å². The van der Waals surface area contributed by atoms with Crippen molar-refractivity contribution in [1.29, 1.82) is 0 Å². The van der Waals surface area contributed by atoms with E-state index >= 15 is 0 Å². The van der Waals surface area contributed by atoms with Crippen molar-refractivity contribution < 1.29 is 9.59 Å². The van der Waals surface area contributed by atoms with Crippen molar-refractivity contribution in [2.75, 3.05) is 38.0 Å². The second kappa shape index (κ2) is 5.86. The first kappa shape index (κ1) is 17.1. The van der Waals surface area contributed by atoms with Gasteiger partial charge < -0.3 is 15.1 Å². The number of anilines is 1. The predicted octanol–water partition coefficient (Wildman–Crippen LogP) is 1.53. The Bertz CT molecular complexity index is 999. The van der Waals surface area contributed by atoms with Gasteiger partial charge in [0.2, 0.25) is 5.91 Å². The van der Waals surface area contributed by atoms with Crippen LogP contribution in [0.1, 0.15) is 28.9 Å². The zero-order chi connectivity index (χ0) is 19.6. The molecular formula is C22H23N5O2. The number of carbonyl (C=O) groups excluding carboxylic acids is 2. The number of carbonyl (C=O) groups is 2. The Morgan fingerprint density at radius 1 is 1.14 bits per heavy atom. The molecule has 1 aromatic carbocycles. The monoisotopic (exact) mass is 389 g/mol. The number of hydrogen-bond donors (Lipinski definition) is 1. The second-order valence-corrected chi connectivity index (χ2v) is 9.05. The van der Waals surface area contributed by atoms with Gasteiger partial charge in [-0.05, 0) is 30.4 Å². The molecule has 2 amide bonds. The van der Waals surface area contributed by atoms with Crippen LogP contribution >= 0.6 is 0 Å². The molecule has 2 saturated heterocycles. The highest BCUT2D eigenvalue weighted by Gasteiger charge is 2.70. The Labute approximate surface area is 169 Å². The van der Waals surface area contributed by atoms with Gasteiger partial charge in [0.25, 0.3) is 5.91 Å². The van der Waals surface area contributed by atoms with Crippen LogP contribution in [0.5, 0.6) is 0 Å². The van der Waals surface area contributed by atoms with E-state index in [0.29, 0.717) is 18.8 Å². The Morgan fingerprint density at radius 2 is 1.97 bits per heavy atom. The molecule has 4 aliphatic rings. The van der Waals surface area contributed by atoms with Crippen molar-refractivity contribution in [3.05, 3.63) is 54.1 Å². The fraction of sp³-hybridized carbons (Fsp3) is 0.455. The van der Waals surface area contributed by atoms with Gasteiger partial charge in [-0.1, -0.05) is 18.2 Å². The van der Waals surface area contributed by atoms with Crippen molar-refractivity contribution in [2.45, 2.75) is 18.3 Å². The number of nitrogens with zero attached hydrogens (tertiary/aromatic N) is 4. The van der Waals surface area contributed by atoms with Crippen LogP contribution in [0.25, 0.3) is 0 Å². The summed E-state index contributed by atoms with van der Waals surface area (Å²) < 4.78 is 0. The van der Waals surface area contributed by atoms with Gasteiger partial charge in [0.05, 0.1) is 11.6 Å². The summed E-state index contributed by atoms with van der Waals surface area (Å²) in [6.07, 6.45) is 7.19. The molecule has 1 saturated carbocycles. The third kappa shape index (κ3) is 2.34. The van der Waals surface area contributed by atoms with E-state index in [2.05, 4.69) is 26.3 Å². The summed E-state index contributed by atoms with van der Waals surface area (Å²) in [6.45, 7) is 3.79. The summed E-state index contributed by atoms with van der Waals surface area (Å²) in [6, 6.07) is 8.05. The molecule has 7 nitrogen and oxygen atoms in total. The van der Waals surface area contributed by atoms with Crippen molar-refractivity contribution >= 4 is 17.5 Å². The molecule has 7 heteroatoms. The van der Waals surface area contributed by atoms with Crippen LogP contribution in [-0.4, -0.2) is 64.3 Å². The number of aromatic nitrogens is 2. The normalized spacial score (nSPS) is 27.2. The zero-order valence-electron chi connectivity index (χ0n) is 16.2. The molecule has 2 aromatic rings. The zero-order valence-corrected chi connectivity index (χ0v) is 16.2. The lowest BCUT2D eigenvalue weighted by Crippen LogP contribution is -2.68. The Hall–Kier alpha value is -2.80. The number of benzene rings is 1. The van der Waals surface area contributed by atoms with Crippen molar-refractivity contribution in [1.82, 2.24) is 19.8 Å². The highest BCUT2D eigenvalue weighted by molar-refractivity contribution is 6.08. The number of para-hydroxylation sites is 1. The topological polar surface area (TPSA) is 78.4 Å². The largest absolute Gasteiger partial charge is 0.336 e. The minimum atomic E-state index is -0.586. The summed E-state index contributed by atoms with van der Waals surface area (Å²) >= 11 is 0. The summed E-state index contributed by atoms with van der Waals surface area (Å²) in [5.41, 5.74) is 1.54. The van der Waals surface area contributed by atoms with Crippen LogP contribution in [-0.2, 0) is 10.2 Å². The van der Waals surface area contributed by atoms with Gasteiger partial charge in [-0.15, -0.1) is 0 Å². The van der Waals surface area contributed by atoms with Gasteiger partial charge in [-0.25, -0.2) is 4.98 Å². The molecule has 1 unspecified atom stereocenters. The van der Waals surface area contributed by atoms with Crippen LogP contribution < -0.4 is 5.32 Å². The number of likely N-dealkylation sites (tertiary alicyclic amines) is 2. The Morgan fingerprint density at radius 3 is 2.72 bits per heavy atom. The molecule has 6 rings (SSSR count). The van der Waals surface area contributed by atoms with Crippen LogP contribution in [0.4, 0.5) is 5.69 Å². The van der Waals surface area contributed by atoms with E-state index in [1.807, 2.05) is 23.1 Å². The number of hydrogen-bond acceptors (Lipinski definition) is 5. The van der Waals surface area contributed by atoms with Gasteiger partial charge >= 0.3 is 0 Å². The van der Waals surface area contributed by atoms with Crippen LogP contribution in [0.3, 0.4) is 0 Å². The molecule has 1 aliphatic carbocycles. The maximum absolute atomic E-state index is 13.4. The van der Waals surface area contributed by atoms with Crippen molar-refractivity contribution in [3.8, 4) is 0 Å². The van der Waals surface area contributed by atoms with E-state index < -0.39 is 5.41 Å². The highest BCUT2D eigenvalue weighted by Crippen LogP contribution is 2.58. The highest BCUT2D eigenvalue weighted by atomic mass is 16.2. The van der Waals surface area contributed by atoms with E-state index in [4.69, 9.17) is 0 Å². The van der Waals surface area contributed by atoms with Crippen LogP contribution in [0.15, 0.2) is 42.9 Å². The minimum absolute atomic E-state index is 0.0867. The summed E-state index contributed by atoms with van der Waals surface area (Å²) in [5.74, 6) is 0.745. The number of nitrogens with one attached hydrogen (secondary N) is 1. The van der Waals surface area contributed by atoms with Gasteiger partial charge in [0.1, 0.15) is 5.69 Å². The maximum atomic E-state index is 13.4. The third-order valence-corrected chi connectivity index (χ3v) is 7.18. The average molecular weight is 389 g/mol. The molecule has 2 spiro atoms. The molecule has 148 valence electrons. The molecule has 3 fully saturated rings. The molecule has 1 N–H and O–H groups in total. The minimum Gasteiger partial charge on any atom is -0.336 e. The summed E-state index contributed by atoms with van der Waals surface area (Å²) in [5, 5.41) is 3.13. The molecule has 4 heterocycles. The van der Waals surface area contributed by atoms with Gasteiger partial charge in [0.15, 0.2) is 0 Å². The maximum Gasteiger partial charge on any atom is 0.274 e. The standard InChI is InChI=1S/C22H23N5O2/c28-19(18-9-23-7-8-24-18)27-12-21(13-27)11-26(10-15-5-6-15)14-22(21)16-3-1-2-4-17(16)25-20(22)29/h1-4,7-9,15H,5-6,10-14H2,(H,25,29). The Balaban J connectivity index is 1.35. The van der Waals surface area contributed by atoms with Gasteiger partial charge in [-0.2, -0.15) is 0 Å². The lowest BCUT2D eigenvalue weighted by atomic mass is 9.58. The second-order valence-electron chi connectivity index (χ2n) is 9.05. The first-order valence-electron chi connectivity index (χ1n) is 10.3. The molecule has 0 radical (unpaired) electrons. The van der Waals surface area contributed by atoms with E-state index in [9.17, 15) is 9.59 Å². The number of amides is 2. The first-order valence-corrected chi connectivity index (χ1v) is 10.3. The van der Waals surface area contributed by atoms with E-state index in [1.54, 1.807) is 6.20 Å². The molecule has 3 aliphatic heterocycles. The molecule has 1 aromatic heterocycles. The lowest BCUT2D eigenvalue weighted by Gasteiger charge is -2.54. The molecule has 0 bridgehead atoms. The van der Waals surface area contributed by atoms with Gasteiger partial charge in [0, 0.05) is 56.2 Å². The lowest BCUT2D eigenvalue weighted by molar-refractivity contribution is -0.128. The van der Waals surface area contributed by atoms with Gasteiger partial charge in [-0.3, -0.25) is 14.6 Å². The fourth-order valence-corrected chi connectivity index (χ4v) is 5.69. The predicted molar refractivity (Wildman–Crippen MR) is 106 cm³/mol. The van der Waals surface area contributed by atoms with E-state index in [0.717, 1.165) is 36.8 Å². The average Bonchev–Trinajstić information content (AvgIpc) is 3.39. The Kier molecular flexibility index (Phi) is 3.45. The SMILES string of the molecule is O=C(c1cnccn1)N1CC2(CN(CC3CC3)CC23C(=O)Nc2ccccc23)C1. The molecule has 1 atom stereocenters. The van der Waals surface area contributed by atoms with E-state index in [1.165, 1.54) is 25.2 Å². The summed E-state index contributed by atoms with van der Waals surface area (Å²) in [4.78, 5) is 38.7. The quantitative estimate of drug-likeness (QED) is 0.862. The third-order valence-electron chi connectivity index (χ3n) is 7.18. The van der Waals surface area contributed by atoms with Crippen LogP contribution in [0, 0.1) is 11.3 Å². The fourth-order valence-electron chi connectivity index (χ4n) is 5.69.